The summed E-state index contributed by atoms with van der Waals surface area (Å²) in [5.74, 6) is 0.333. The second-order valence-electron chi connectivity index (χ2n) is 1.58. The first-order valence-corrected chi connectivity index (χ1v) is 4.17. The fourth-order valence-corrected chi connectivity index (χ4v) is 0.927. The zero-order valence-electron chi connectivity index (χ0n) is 4.81. The monoisotopic (exact) mass is 240 g/mol. The van der Waals surface area contributed by atoms with E-state index in [0.717, 1.165) is 0 Å². The smallest absolute Gasteiger partial charge is 0.162 e. The molecule has 0 radical (unpaired) electrons. The molecule has 0 saturated carbocycles. The van der Waals surface area contributed by atoms with Crippen molar-refractivity contribution in [3.05, 3.63) is 21.6 Å². The van der Waals surface area contributed by atoms with Crippen LogP contribution in [0.1, 0.15) is 5.69 Å². The van der Waals surface area contributed by atoms with Gasteiger partial charge in [0.1, 0.15) is 4.60 Å². The molecule has 0 bridgehead atoms. The van der Waals surface area contributed by atoms with Crippen molar-refractivity contribution in [1.82, 2.24) is 9.97 Å². The van der Waals surface area contributed by atoms with Crippen LogP contribution in [-0.2, 0) is 5.88 Å². The molecule has 0 unspecified atom stereocenters. The molecular formula is C5H3BrCl2N2. The zero-order valence-corrected chi connectivity index (χ0v) is 7.91. The minimum Gasteiger partial charge on any atom is -0.244 e. The van der Waals surface area contributed by atoms with E-state index in [1.165, 1.54) is 0 Å². The van der Waals surface area contributed by atoms with Crippen molar-refractivity contribution >= 4 is 39.1 Å². The maximum Gasteiger partial charge on any atom is 0.162 e. The third-order valence-electron chi connectivity index (χ3n) is 0.876. The van der Waals surface area contributed by atoms with Gasteiger partial charge in [0.2, 0.25) is 0 Å². The van der Waals surface area contributed by atoms with E-state index in [9.17, 15) is 0 Å². The van der Waals surface area contributed by atoms with E-state index in [-0.39, 0.29) is 0 Å². The van der Waals surface area contributed by atoms with Crippen molar-refractivity contribution in [1.29, 1.82) is 0 Å². The summed E-state index contributed by atoms with van der Waals surface area (Å²) in [6.45, 7) is 0. The van der Waals surface area contributed by atoms with Crippen molar-refractivity contribution in [2.75, 3.05) is 0 Å². The van der Waals surface area contributed by atoms with E-state index in [2.05, 4.69) is 25.9 Å². The van der Waals surface area contributed by atoms with Crippen molar-refractivity contribution < 1.29 is 0 Å². The Morgan fingerprint density at radius 3 is 2.80 bits per heavy atom. The van der Waals surface area contributed by atoms with Crippen molar-refractivity contribution in [3.63, 3.8) is 0 Å². The van der Waals surface area contributed by atoms with Crippen LogP contribution < -0.4 is 0 Å². The highest BCUT2D eigenvalue weighted by Crippen LogP contribution is 2.16. The molecule has 0 spiro atoms. The Morgan fingerprint density at radius 1 is 1.60 bits per heavy atom. The number of aromatic nitrogens is 2. The quantitative estimate of drug-likeness (QED) is 0.707. The predicted octanol–water partition coefficient (Wildman–Crippen LogP) is 2.63. The normalized spacial score (nSPS) is 9.90. The summed E-state index contributed by atoms with van der Waals surface area (Å²) >= 11 is 14.2. The summed E-state index contributed by atoms with van der Waals surface area (Å²) < 4.78 is 0.544. The second kappa shape index (κ2) is 3.51. The molecule has 54 valence electrons. The van der Waals surface area contributed by atoms with Gasteiger partial charge >= 0.3 is 0 Å². The largest absolute Gasteiger partial charge is 0.244 e. The van der Waals surface area contributed by atoms with Gasteiger partial charge in [0.25, 0.3) is 0 Å². The van der Waals surface area contributed by atoms with Crippen LogP contribution in [0.4, 0.5) is 0 Å². The number of nitrogens with zero attached hydrogens (tertiary/aromatic N) is 2. The summed E-state index contributed by atoms with van der Waals surface area (Å²) in [4.78, 5) is 7.80. The molecule has 0 amide bonds. The first-order chi connectivity index (χ1) is 4.74. The Labute approximate surface area is 76.7 Å². The highest BCUT2D eigenvalue weighted by molar-refractivity contribution is 9.10. The minimum absolute atomic E-state index is 0.333. The first-order valence-electron chi connectivity index (χ1n) is 2.47. The van der Waals surface area contributed by atoms with E-state index < -0.39 is 0 Å². The standard InChI is InChI=1S/C5H3BrCl2N2/c6-4-5(8)10-3(1-7)2-9-4/h2H,1H2. The summed E-state index contributed by atoms with van der Waals surface area (Å²) in [5, 5.41) is 0.346. The van der Waals surface area contributed by atoms with E-state index in [1.54, 1.807) is 6.20 Å². The number of hydrogen-bond donors (Lipinski definition) is 0. The van der Waals surface area contributed by atoms with Crippen LogP contribution in [0, 0.1) is 0 Å². The third kappa shape index (κ3) is 1.81. The minimum atomic E-state index is 0.333. The Morgan fingerprint density at radius 2 is 2.30 bits per heavy atom. The summed E-state index contributed by atoms with van der Waals surface area (Å²) in [6, 6.07) is 0. The molecule has 1 heterocycles. The SMILES string of the molecule is ClCc1cnc(Br)c(Cl)n1. The van der Waals surface area contributed by atoms with Gasteiger partial charge in [-0.1, -0.05) is 11.6 Å². The Hall–Kier alpha value is 0.140. The molecule has 10 heavy (non-hydrogen) atoms. The number of halogens is 3. The zero-order chi connectivity index (χ0) is 7.56. The van der Waals surface area contributed by atoms with Gasteiger partial charge in [-0.05, 0) is 15.9 Å². The maximum absolute atomic E-state index is 5.61. The fraction of sp³-hybridized carbons (Fsp3) is 0.200. The van der Waals surface area contributed by atoms with Crippen LogP contribution in [0.3, 0.4) is 0 Å². The van der Waals surface area contributed by atoms with Gasteiger partial charge in [-0.3, -0.25) is 0 Å². The lowest BCUT2D eigenvalue weighted by Crippen LogP contribution is -1.88. The molecule has 1 aromatic heterocycles. The fourth-order valence-electron chi connectivity index (χ4n) is 0.450. The van der Waals surface area contributed by atoms with Crippen LogP contribution in [0.5, 0.6) is 0 Å². The number of rotatable bonds is 1. The van der Waals surface area contributed by atoms with Crippen LogP contribution >= 0.6 is 39.1 Å². The molecule has 0 aromatic carbocycles. The van der Waals surface area contributed by atoms with Gasteiger partial charge < -0.3 is 0 Å². The number of hydrogen-bond acceptors (Lipinski definition) is 2. The molecule has 1 aromatic rings. The van der Waals surface area contributed by atoms with Gasteiger partial charge in [-0.2, -0.15) is 0 Å². The van der Waals surface area contributed by atoms with Gasteiger partial charge in [0, 0.05) is 0 Å². The molecule has 2 nitrogen and oxygen atoms in total. The van der Waals surface area contributed by atoms with Crippen LogP contribution in [0.2, 0.25) is 5.15 Å². The Balaban J connectivity index is 3.04. The lowest BCUT2D eigenvalue weighted by atomic mass is 10.5. The lowest BCUT2D eigenvalue weighted by molar-refractivity contribution is 1.07. The molecule has 0 N–H and O–H groups in total. The van der Waals surface area contributed by atoms with Crippen LogP contribution in [0.15, 0.2) is 10.8 Å². The van der Waals surface area contributed by atoms with Gasteiger partial charge in [0.05, 0.1) is 17.8 Å². The topological polar surface area (TPSA) is 25.8 Å². The second-order valence-corrected chi connectivity index (χ2v) is 2.95. The van der Waals surface area contributed by atoms with Crippen molar-refractivity contribution in [2.24, 2.45) is 0 Å². The Kier molecular flexibility index (Phi) is 2.89. The summed E-state index contributed by atoms with van der Waals surface area (Å²) in [7, 11) is 0. The van der Waals surface area contributed by atoms with E-state index in [1.807, 2.05) is 0 Å². The summed E-state index contributed by atoms with van der Waals surface area (Å²) in [5.41, 5.74) is 0.676. The first kappa shape index (κ1) is 8.24. The molecule has 0 atom stereocenters. The highest BCUT2D eigenvalue weighted by Gasteiger charge is 1.99. The van der Waals surface area contributed by atoms with Gasteiger partial charge in [-0.15, -0.1) is 11.6 Å². The highest BCUT2D eigenvalue weighted by atomic mass is 79.9. The molecule has 0 fully saturated rings. The van der Waals surface area contributed by atoms with Gasteiger partial charge in [0.15, 0.2) is 5.15 Å². The molecule has 1 rings (SSSR count). The van der Waals surface area contributed by atoms with Crippen LogP contribution in [-0.4, -0.2) is 9.97 Å². The van der Waals surface area contributed by atoms with Crippen molar-refractivity contribution in [3.8, 4) is 0 Å². The van der Waals surface area contributed by atoms with E-state index in [0.29, 0.717) is 21.3 Å². The molecule has 0 saturated heterocycles. The molecule has 0 aliphatic carbocycles. The Bertz CT molecular complexity index is 241. The molecular weight excluding hydrogens is 239 g/mol. The average molecular weight is 242 g/mol. The summed E-state index contributed by atoms with van der Waals surface area (Å²) in [6.07, 6.45) is 1.57. The van der Waals surface area contributed by atoms with E-state index in [4.69, 9.17) is 23.2 Å². The molecule has 0 aliphatic heterocycles. The van der Waals surface area contributed by atoms with Crippen LogP contribution in [0.25, 0.3) is 0 Å². The third-order valence-corrected chi connectivity index (χ3v) is 2.22. The molecule has 0 aliphatic rings. The van der Waals surface area contributed by atoms with Crippen molar-refractivity contribution in [2.45, 2.75) is 5.88 Å². The maximum atomic E-state index is 5.61. The molecule has 5 heteroatoms. The van der Waals surface area contributed by atoms with Gasteiger partial charge in [-0.25, -0.2) is 9.97 Å². The number of alkyl halides is 1. The average Bonchev–Trinajstić information content (AvgIpc) is 1.95. The predicted molar refractivity (Wildman–Crippen MR) is 44.3 cm³/mol. The van der Waals surface area contributed by atoms with E-state index >= 15 is 0 Å². The lowest BCUT2D eigenvalue weighted by Gasteiger charge is -1.95.